The normalized spacial score (nSPS) is 15.0. The van der Waals surface area contributed by atoms with E-state index in [0.29, 0.717) is 11.6 Å². The predicted molar refractivity (Wildman–Crippen MR) is 115 cm³/mol. The van der Waals surface area contributed by atoms with E-state index in [0.717, 1.165) is 44.7 Å². The molecule has 3 aromatic rings. The van der Waals surface area contributed by atoms with Crippen LogP contribution in [0.4, 0.5) is 0 Å². The molecule has 1 aliphatic rings. The van der Waals surface area contributed by atoms with Crippen LogP contribution in [0.2, 0.25) is 0 Å². The fourth-order valence-electron chi connectivity index (χ4n) is 3.98. The molecule has 1 aromatic carbocycles. The molecule has 1 amide bonds. The highest BCUT2D eigenvalue weighted by Crippen LogP contribution is 2.18. The standard InChI is InChI=1S/C24H28N4O/c1-26(16-11-20-7-3-2-4-8-20)22-12-17-28(18-13-22)24(29)21-9-10-23(25-19-21)27-14-5-6-15-27/h2-10,14-15,19,22H,11-13,16-18H2,1H3. The van der Waals surface area contributed by atoms with Gasteiger partial charge < -0.3 is 14.4 Å². The van der Waals surface area contributed by atoms with E-state index in [2.05, 4.69) is 47.3 Å². The quantitative estimate of drug-likeness (QED) is 0.647. The number of carbonyl (C=O) groups is 1. The van der Waals surface area contributed by atoms with Crippen molar-refractivity contribution in [2.45, 2.75) is 25.3 Å². The molecule has 0 atom stereocenters. The number of pyridine rings is 1. The molecule has 0 N–H and O–H groups in total. The fraction of sp³-hybridized carbons (Fsp3) is 0.333. The van der Waals surface area contributed by atoms with Gasteiger partial charge in [0.15, 0.2) is 0 Å². The average molecular weight is 389 g/mol. The lowest BCUT2D eigenvalue weighted by atomic mass is 10.0. The number of rotatable bonds is 6. The third-order valence-corrected chi connectivity index (χ3v) is 5.83. The Morgan fingerprint density at radius 2 is 1.76 bits per heavy atom. The lowest BCUT2D eigenvalue weighted by molar-refractivity contribution is 0.0646. The second-order valence-electron chi connectivity index (χ2n) is 7.73. The first-order valence-corrected chi connectivity index (χ1v) is 10.3. The molecule has 4 rings (SSSR count). The van der Waals surface area contributed by atoms with Crippen LogP contribution in [0.5, 0.6) is 0 Å². The number of piperidine rings is 1. The molecule has 1 aliphatic heterocycles. The van der Waals surface area contributed by atoms with E-state index in [1.807, 2.05) is 46.1 Å². The smallest absolute Gasteiger partial charge is 0.255 e. The lowest BCUT2D eigenvalue weighted by Gasteiger charge is -2.36. The van der Waals surface area contributed by atoms with Crippen LogP contribution in [0.15, 0.2) is 73.2 Å². The lowest BCUT2D eigenvalue weighted by Crippen LogP contribution is -2.46. The largest absolute Gasteiger partial charge is 0.338 e. The van der Waals surface area contributed by atoms with E-state index in [1.54, 1.807) is 6.20 Å². The second kappa shape index (κ2) is 9.05. The Balaban J connectivity index is 1.28. The van der Waals surface area contributed by atoms with E-state index in [9.17, 15) is 4.79 Å². The summed E-state index contributed by atoms with van der Waals surface area (Å²) < 4.78 is 1.94. The number of amides is 1. The van der Waals surface area contributed by atoms with Gasteiger partial charge in [-0.2, -0.15) is 0 Å². The predicted octanol–water partition coefficient (Wildman–Crippen LogP) is 3.65. The van der Waals surface area contributed by atoms with Gasteiger partial charge in [0, 0.05) is 44.3 Å². The van der Waals surface area contributed by atoms with Crippen molar-refractivity contribution in [3.05, 3.63) is 84.3 Å². The number of aromatic nitrogens is 2. The van der Waals surface area contributed by atoms with Crippen molar-refractivity contribution in [2.75, 3.05) is 26.7 Å². The highest BCUT2D eigenvalue weighted by molar-refractivity contribution is 5.94. The number of nitrogens with zero attached hydrogens (tertiary/aromatic N) is 4. The zero-order valence-corrected chi connectivity index (χ0v) is 16.9. The van der Waals surface area contributed by atoms with Crippen molar-refractivity contribution >= 4 is 5.91 Å². The summed E-state index contributed by atoms with van der Waals surface area (Å²) in [5.74, 6) is 0.909. The van der Waals surface area contributed by atoms with Crippen LogP contribution in [-0.2, 0) is 6.42 Å². The van der Waals surface area contributed by atoms with Crippen molar-refractivity contribution in [3.63, 3.8) is 0 Å². The van der Waals surface area contributed by atoms with Gasteiger partial charge in [0.1, 0.15) is 5.82 Å². The van der Waals surface area contributed by atoms with Gasteiger partial charge in [-0.25, -0.2) is 4.98 Å². The van der Waals surface area contributed by atoms with Gasteiger partial charge in [-0.1, -0.05) is 30.3 Å². The summed E-state index contributed by atoms with van der Waals surface area (Å²) in [7, 11) is 2.20. The number of benzene rings is 1. The Hall–Kier alpha value is -2.92. The Morgan fingerprint density at radius 1 is 1.03 bits per heavy atom. The highest BCUT2D eigenvalue weighted by Gasteiger charge is 2.26. The molecule has 3 heterocycles. The summed E-state index contributed by atoms with van der Waals surface area (Å²) in [6.45, 7) is 2.66. The molecule has 0 aliphatic carbocycles. The monoisotopic (exact) mass is 388 g/mol. The zero-order chi connectivity index (χ0) is 20.1. The molecule has 2 aromatic heterocycles. The minimum atomic E-state index is 0.0851. The maximum absolute atomic E-state index is 12.9. The van der Waals surface area contributed by atoms with Crippen LogP contribution in [-0.4, -0.2) is 58.0 Å². The number of hydrogen-bond donors (Lipinski definition) is 0. The van der Waals surface area contributed by atoms with Gasteiger partial charge in [-0.3, -0.25) is 4.79 Å². The number of likely N-dealkylation sites (tertiary alicyclic amines) is 1. The fourth-order valence-corrected chi connectivity index (χ4v) is 3.98. The van der Waals surface area contributed by atoms with Crippen LogP contribution >= 0.6 is 0 Å². The molecule has 0 unspecified atom stereocenters. The first kappa shape index (κ1) is 19.4. The third-order valence-electron chi connectivity index (χ3n) is 5.83. The summed E-state index contributed by atoms with van der Waals surface area (Å²) in [6.07, 6.45) is 8.69. The van der Waals surface area contributed by atoms with E-state index in [-0.39, 0.29) is 5.91 Å². The van der Waals surface area contributed by atoms with E-state index in [1.165, 1.54) is 5.56 Å². The first-order valence-electron chi connectivity index (χ1n) is 10.3. The Bertz CT molecular complexity index is 898. The highest BCUT2D eigenvalue weighted by atomic mass is 16.2. The molecular weight excluding hydrogens is 360 g/mol. The van der Waals surface area contributed by atoms with Gasteiger partial charge >= 0.3 is 0 Å². The number of carbonyl (C=O) groups excluding carboxylic acids is 1. The Labute approximate surface area is 172 Å². The molecule has 150 valence electrons. The third kappa shape index (κ3) is 4.74. The van der Waals surface area contributed by atoms with Crippen molar-refractivity contribution in [3.8, 4) is 5.82 Å². The summed E-state index contributed by atoms with van der Waals surface area (Å²) >= 11 is 0. The van der Waals surface area contributed by atoms with Gasteiger partial charge in [0.2, 0.25) is 0 Å². The van der Waals surface area contributed by atoms with Crippen LogP contribution < -0.4 is 0 Å². The van der Waals surface area contributed by atoms with Crippen molar-refractivity contribution in [1.82, 2.24) is 19.4 Å². The van der Waals surface area contributed by atoms with Gasteiger partial charge in [-0.15, -0.1) is 0 Å². The van der Waals surface area contributed by atoms with Gasteiger partial charge in [-0.05, 0) is 56.1 Å². The molecule has 1 fully saturated rings. The summed E-state index contributed by atoms with van der Waals surface area (Å²) in [5.41, 5.74) is 2.04. The Kier molecular flexibility index (Phi) is 6.06. The van der Waals surface area contributed by atoms with Crippen LogP contribution in [0.25, 0.3) is 5.82 Å². The SMILES string of the molecule is CN(CCc1ccccc1)C1CCN(C(=O)c2ccc(-n3cccc3)nc2)CC1. The number of hydrogen-bond acceptors (Lipinski definition) is 3. The minimum absolute atomic E-state index is 0.0851. The summed E-state index contributed by atoms with van der Waals surface area (Å²) in [4.78, 5) is 21.7. The van der Waals surface area contributed by atoms with Crippen LogP contribution in [0, 0.1) is 0 Å². The molecule has 0 saturated carbocycles. The molecule has 29 heavy (non-hydrogen) atoms. The van der Waals surface area contributed by atoms with Gasteiger partial charge in [0.05, 0.1) is 5.56 Å². The van der Waals surface area contributed by atoms with Crippen LogP contribution in [0.1, 0.15) is 28.8 Å². The Morgan fingerprint density at radius 3 is 2.41 bits per heavy atom. The van der Waals surface area contributed by atoms with E-state index >= 15 is 0 Å². The minimum Gasteiger partial charge on any atom is -0.338 e. The summed E-state index contributed by atoms with van der Waals surface area (Å²) in [6, 6.07) is 18.9. The molecule has 0 bridgehead atoms. The molecule has 0 radical (unpaired) electrons. The molecule has 5 nitrogen and oxygen atoms in total. The maximum atomic E-state index is 12.9. The molecule has 5 heteroatoms. The van der Waals surface area contributed by atoms with Gasteiger partial charge in [0.25, 0.3) is 5.91 Å². The average Bonchev–Trinajstić information content (AvgIpc) is 3.33. The molecule has 0 spiro atoms. The molecule has 1 saturated heterocycles. The van der Waals surface area contributed by atoms with Crippen LogP contribution in [0.3, 0.4) is 0 Å². The number of likely N-dealkylation sites (N-methyl/N-ethyl adjacent to an activating group) is 1. The summed E-state index contributed by atoms with van der Waals surface area (Å²) in [5, 5.41) is 0. The van der Waals surface area contributed by atoms with E-state index in [4.69, 9.17) is 0 Å². The second-order valence-corrected chi connectivity index (χ2v) is 7.73. The van der Waals surface area contributed by atoms with Crippen molar-refractivity contribution < 1.29 is 4.79 Å². The van der Waals surface area contributed by atoms with E-state index < -0.39 is 0 Å². The molecular formula is C24H28N4O. The zero-order valence-electron chi connectivity index (χ0n) is 16.9. The van der Waals surface area contributed by atoms with Crippen molar-refractivity contribution in [1.29, 1.82) is 0 Å². The topological polar surface area (TPSA) is 41.4 Å². The maximum Gasteiger partial charge on any atom is 0.255 e. The van der Waals surface area contributed by atoms with Crippen molar-refractivity contribution in [2.24, 2.45) is 0 Å². The first-order chi connectivity index (χ1) is 14.2.